The molecule has 1 N–H and O–H groups in total. The topological polar surface area (TPSA) is 77.4 Å². The van der Waals surface area contributed by atoms with Gasteiger partial charge in [0.2, 0.25) is 5.91 Å². The lowest BCUT2D eigenvalue weighted by molar-refractivity contribution is -0.141. The predicted octanol–water partition coefficient (Wildman–Crippen LogP) is 0.156. The Labute approximate surface area is 111 Å². The predicted molar refractivity (Wildman–Crippen MR) is 60.7 cm³/mol. The number of alkyl halides is 3. The van der Waals surface area contributed by atoms with Crippen LogP contribution in [0.2, 0.25) is 0 Å². The Morgan fingerprint density at radius 1 is 1.40 bits per heavy atom. The maximum absolute atomic E-state index is 12.5. The zero-order valence-corrected chi connectivity index (χ0v) is 10.4. The molecule has 0 aliphatic rings. The summed E-state index contributed by atoms with van der Waals surface area (Å²) < 4.78 is 42.3. The van der Waals surface area contributed by atoms with Gasteiger partial charge in [-0.3, -0.25) is 14.4 Å². The van der Waals surface area contributed by atoms with E-state index in [1.54, 1.807) is 0 Å². The number of aromatic nitrogens is 1. The van der Waals surface area contributed by atoms with Gasteiger partial charge >= 0.3 is 12.1 Å². The molecule has 0 unspecified atom stereocenters. The maximum Gasteiger partial charge on any atom is 0.421 e. The number of amides is 1. The van der Waals surface area contributed by atoms with Gasteiger partial charge < -0.3 is 14.6 Å². The number of halogens is 3. The molecule has 0 bridgehead atoms. The van der Waals surface area contributed by atoms with Crippen LogP contribution in [0, 0.1) is 0 Å². The molecule has 0 saturated carbocycles. The highest BCUT2D eigenvalue weighted by atomic mass is 19.4. The molecular weight excluding hydrogens is 281 g/mol. The zero-order chi connectivity index (χ0) is 15.3. The SMILES string of the molecule is COC(=O)CNC(=O)Cn1cccc(C(F)(F)F)c1=O. The summed E-state index contributed by atoms with van der Waals surface area (Å²) in [5.41, 5.74) is -2.69. The fourth-order valence-electron chi connectivity index (χ4n) is 1.33. The van der Waals surface area contributed by atoms with Crippen molar-refractivity contribution in [2.24, 2.45) is 0 Å². The van der Waals surface area contributed by atoms with Gasteiger partial charge in [0.15, 0.2) is 0 Å². The van der Waals surface area contributed by atoms with E-state index in [2.05, 4.69) is 10.1 Å². The monoisotopic (exact) mass is 292 g/mol. The number of carbonyl (C=O) groups is 2. The van der Waals surface area contributed by atoms with E-state index < -0.39 is 42.3 Å². The summed E-state index contributed by atoms with van der Waals surface area (Å²) in [6.07, 6.45) is -3.74. The number of hydrogen-bond acceptors (Lipinski definition) is 4. The summed E-state index contributed by atoms with van der Waals surface area (Å²) in [6.45, 7) is -1.05. The second-order valence-electron chi connectivity index (χ2n) is 3.71. The van der Waals surface area contributed by atoms with Gasteiger partial charge in [-0.05, 0) is 12.1 Å². The van der Waals surface area contributed by atoms with Crippen molar-refractivity contribution in [3.63, 3.8) is 0 Å². The van der Waals surface area contributed by atoms with Crippen molar-refractivity contribution in [2.45, 2.75) is 12.7 Å². The summed E-state index contributed by atoms with van der Waals surface area (Å²) >= 11 is 0. The largest absolute Gasteiger partial charge is 0.468 e. The quantitative estimate of drug-likeness (QED) is 0.802. The molecule has 1 aromatic rings. The molecule has 0 saturated heterocycles. The van der Waals surface area contributed by atoms with Crippen LogP contribution in [0.3, 0.4) is 0 Å². The first kappa shape index (κ1) is 15.7. The lowest BCUT2D eigenvalue weighted by Gasteiger charge is -2.10. The molecule has 1 heterocycles. The Hall–Kier alpha value is -2.32. The van der Waals surface area contributed by atoms with Gasteiger partial charge in [0.1, 0.15) is 18.7 Å². The molecule has 0 fully saturated rings. The summed E-state index contributed by atoms with van der Waals surface area (Å²) in [4.78, 5) is 33.7. The molecular formula is C11H11F3N2O4. The zero-order valence-electron chi connectivity index (χ0n) is 10.4. The molecule has 0 spiro atoms. The van der Waals surface area contributed by atoms with Gasteiger partial charge in [-0.1, -0.05) is 0 Å². The van der Waals surface area contributed by atoms with Crippen LogP contribution >= 0.6 is 0 Å². The van der Waals surface area contributed by atoms with Crippen LogP contribution < -0.4 is 10.9 Å². The van der Waals surface area contributed by atoms with E-state index in [1.807, 2.05) is 0 Å². The lowest BCUT2D eigenvalue weighted by Crippen LogP contribution is -2.37. The van der Waals surface area contributed by atoms with E-state index in [1.165, 1.54) is 0 Å². The first-order chi connectivity index (χ1) is 9.25. The first-order valence-corrected chi connectivity index (χ1v) is 5.36. The molecule has 0 aliphatic heterocycles. The van der Waals surface area contributed by atoms with E-state index in [0.717, 1.165) is 19.4 Å². The number of ether oxygens (including phenoxy) is 1. The smallest absolute Gasteiger partial charge is 0.421 e. The Bertz CT molecular complexity index is 566. The van der Waals surface area contributed by atoms with Gasteiger partial charge in [0.05, 0.1) is 7.11 Å². The normalized spacial score (nSPS) is 11.0. The van der Waals surface area contributed by atoms with E-state index in [4.69, 9.17) is 0 Å². The van der Waals surface area contributed by atoms with Crippen molar-refractivity contribution >= 4 is 11.9 Å². The molecule has 0 atom stereocenters. The van der Waals surface area contributed by atoms with Crippen LogP contribution in [0.25, 0.3) is 0 Å². The second kappa shape index (κ2) is 6.22. The van der Waals surface area contributed by atoms with Crippen molar-refractivity contribution in [3.05, 3.63) is 34.2 Å². The number of nitrogens with zero attached hydrogens (tertiary/aromatic N) is 1. The Morgan fingerprint density at radius 2 is 2.05 bits per heavy atom. The number of nitrogens with one attached hydrogen (secondary N) is 1. The molecule has 20 heavy (non-hydrogen) atoms. The molecule has 110 valence electrons. The third-order valence-electron chi connectivity index (χ3n) is 2.30. The lowest BCUT2D eigenvalue weighted by atomic mass is 10.2. The van der Waals surface area contributed by atoms with E-state index >= 15 is 0 Å². The van der Waals surface area contributed by atoms with Crippen LogP contribution in [-0.2, 0) is 27.0 Å². The van der Waals surface area contributed by atoms with Crippen LogP contribution in [0.15, 0.2) is 23.1 Å². The minimum Gasteiger partial charge on any atom is -0.468 e. The van der Waals surface area contributed by atoms with Crippen molar-refractivity contribution in [1.82, 2.24) is 9.88 Å². The van der Waals surface area contributed by atoms with Crippen molar-refractivity contribution < 1.29 is 27.5 Å². The molecule has 0 aliphatic carbocycles. The van der Waals surface area contributed by atoms with Crippen molar-refractivity contribution in [3.8, 4) is 0 Å². The van der Waals surface area contributed by atoms with Crippen molar-refractivity contribution in [1.29, 1.82) is 0 Å². The fourth-order valence-corrected chi connectivity index (χ4v) is 1.33. The molecule has 1 aromatic heterocycles. The van der Waals surface area contributed by atoms with E-state index in [-0.39, 0.29) is 0 Å². The average molecular weight is 292 g/mol. The summed E-state index contributed by atoms with van der Waals surface area (Å²) in [7, 11) is 1.12. The van der Waals surface area contributed by atoms with Gasteiger partial charge in [0, 0.05) is 6.20 Å². The maximum atomic E-state index is 12.5. The van der Waals surface area contributed by atoms with Crippen LogP contribution in [-0.4, -0.2) is 30.1 Å². The summed E-state index contributed by atoms with van der Waals surface area (Å²) in [5, 5.41) is 2.11. The van der Waals surface area contributed by atoms with Crippen molar-refractivity contribution in [2.75, 3.05) is 13.7 Å². The summed E-state index contributed by atoms with van der Waals surface area (Å²) in [6, 6.07) is 1.64. The third-order valence-corrected chi connectivity index (χ3v) is 2.30. The summed E-state index contributed by atoms with van der Waals surface area (Å²) in [5.74, 6) is -1.49. The average Bonchev–Trinajstić information content (AvgIpc) is 2.37. The number of esters is 1. The highest BCUT2D eigenvalue weighted by Crippen LogP contribution is 2.25. The third kappa shape index (κ3) is 4.11. The fraction of sp³-hybridized carbons (Fsp3) is 0.364. The van der Waals surface area contributed by atoms with E-state index in [0.29, 0.717) is 10.6 Å². The standard InChI is InChI=1S/C11H11F3N2O4/c1-20-9(18)5-15-8(17)6-16-4-2-3-7(10(16)19)11(12,13)14/h2-4H,5-6H2,1H3,(H,15,17). The Morgan fingerprint density at radius 3 is 2.60 bits per heavy atom. The molecule has 0 aromatic carbocycles. The number of pyridine rings is 1. The molecule has 0 radical (unpaired) electrons. The number of rotatable bonds is 4. The second-order valence-corrected chi connectivity index (χ2v) is 3.71. The molecule has 9 heteroatoms. The highest BCUT2D eigenvalue weighted by Gasteiger charge is 2.34. The minimum atomic E-state index is -4.79. The van der Waals surface area contributed by atoms with Crippen LogP contribution in [0.5, 0.6) is 0 Å². The number of methoxy groups -OCH3 is 1. The minimum absolute atomic E-state index is 0.428. The first-order valence-electron chi connectivity index (χ1n) is 5.36. The van der Waals surface area contributed by atoms with Gasteiger partial charge in [0.25, 0.3) is 5.56 Å². The van der Waals surface area contributed by atoms with Gasteiger partial charge in [-0.25, -0.2) is 0 Å². The molecule has 1 amide bonds. The number of hydrogen-bond donors (Lipinski definition) is 1. The number of carbonyl (C=O) groups excluding carboxylic acids is 2. The Balaban J connectivity index is 2.81. The Kier molecular flexibility index (Phi) is 4.89. The highest BCUT2D eigenvalue weighted by molar-refractivity contribution is 5.81. The van der Waals surface area contributed by atoms with E-state index in [9.17, 15) is 27.6 Å². The molecule has 1 rings (SSSR count). The van der Waals surface area contributed by atoms with Gasteiger partial charge in [-0.2, -0.15) is 13.2 Å². The van der Waals surface area contributed by atoms with Crippen LogP contribution in [0.4, 0.5) is 13.2 Å². The van der Waals surface area contributed by atoms with Gasteiger partial charge in [-0.15, -0.1) is 0 Å². The molecule has 6 nitrogen and oxygen atoms in total. The van der Waals surface area contributed by atoms with Crippen LogP contribution in [0.1, 0.15) is 5.56 Å².